The summed E-state index contributed by atoms with van der Waals surface area (Å²) in [5.74, 6) is 5.28. The molecule has 4 bridgehead atoms. The Balaban J connectivity index is 1.17. The number of Topliss-reactive ketones (excluding diaryl/α,β-unsaturated/α-hetero) is 1. The van der Waals surface area contributed by atoms with Crippen LogP contribution in [-0.4, -0.2) is 41.8 Å². The minimum atomic E-state index is -2.93. The first-order chi connectivity index (χ1) is 14.2. The molecule has 166 valence electrons. The summed E-state index contributed by atoms with van der Waals surface area (Å²) in [5, 5.41) is 0. The Morgan fingerprint density at radius 3 is 2.33 bits per heavy atom. The highest BCUT2D eigenvalue weighted by atomic mass is 32.2. The van der Waals surface area contributed by atoms with Crippen LogP contribution >= 0.6 is 11.8 Å². The molecular weight excluding hydrogens is 414 g/mol. The van der Waals surface area contributed by atoms with E-state index in [9.17, 15) is 13.2 Å². The lowest BCUT2D eigenvalue weighted by atomic mass is 9.49. The van der Waals surface area contributed by atoms with Crippen LogP contribution in [0, 0.1) is 37.0 Å². The summed E-state index contributed by atoms with van der Waals surface area (Å²) < 4.78 is 25.9. The van der Waals surface area contributed by atoms with Gasteiger partial charge in [0.15, 0.2) is 15.6 Å². The maximum absolute atomic E-state index is 12.9. The summed E-state index contributed by atoms with van der Waals surface area (Å²) in [5.41, 5.74) is 3.34. The Morgan fingerprint density at radius 2 is 1.77 bits per heavy atom. The van der Waals surface area contributed by atoms with E-state index in [0.717, 1.165) is 40.5 Å². The zero-order chi connectivity index (χ0) is 21.1. The number of thioether (sulfide) groups is 1. The summed E-state index contributed by atoms with van der Waals surface area (Å²) in [6.45, 7) is 3.97. The summed E-state index contributed by atoms with van der Waals surface area (Å²) >= 11 is 1.81. The van der Waals surface area contributed by atoms with Gasteiger partial charge in [-0.15, -0.1) is 0 Å². The van der Waals surface area contributed by atoms with Gasteiger partial charge in [-0.1, -0.05) is 0 Å². The number of hydrogen-bond donors (Lipinski definition) is 0. The highest BCUT2D eigenvalue weighted by Gasteiger charge is 2.50. The molecule has 5 aliphatic rings. The van der Waals surface area contributed by atoms with E-state index in [2.05, 4.69) is 4.57 Å². The van der Waals surface area contributed by atoms with Gasteiger partial charge in [-0.05, 0) is 100 Å². The van der Waals surface area contributed by atoms with Crippen molar-refractivity contribution >= 4 is 27.4 Å². The third-order valence-corrected chi connectivity index (χ3v) is 11.2. The molecule has 0 N–H and O–H groups in total. The Labute approximate surface area is 185 Å². The summed E-state index contributed by atoms with van der Waals surface area (Å²) in [6.07, 6.45) is 10.7. The van der Waals surface area contributed by atoms with Gasteiger partial charge in [0.25, 0.3) is 0 Å². The fourth-order valence-corrected chi connectivity index (χ4v) is 10.5. The summed E-state index contributed by atoms with van der Waals surface area (Å²) in [7, 11) is -2.93. The maximum atomic E-state index is 12.9. The average molecular weight is 450 g/mol. The largest absolute Gasteiger partial charge is 0.344 e. The van der Waals surface area contributed by atoms with Crippen LogP contribution in [0.4, 0.5) is 0 Å². The van der Waals surface area contributed by atoms with Crippen molar-refractivity contribution in [2.45, 2.75) is 71.3 Å². The molecule has 4 nitrogen and oxygen atoms in total. The molecule has 1 atom stereocenters. The van der Waals surface area contributed by atoms with Crippen molar-refractivity contribution in [1.29, 1.82) is 0 Å². The van der Waals surface area contributed by atoms with E-state index in [4.69, 9.17) is 0 Å². The first-order valence-corrected chi connectivity index (χ1v) is 14.7. The third kappa shape index (κ3) is 3.92. The van der Waals surface area contributed by atoms with E-state index in [1.807, 2.05) is 19.9 Å². The molecule has 2 heterocycles. The Bertz CT molecular complexity index is 911. The minimum Gasteiger partial charge on any atom is -0.344 e. The van der Waals surface area contributed by atoms with Crippen molar-refractivity contribution in [3.63, 3.8) is 0 Å². The quantitative estimate of drug-likeness (QED) is 0.435. The number of carbonyl (C=O) groups is 1. The number of carbonyl (C=O) groups excluding carboxylic acids is 1. The maximum Gasteiger partial charge on any atom is 0.174 e. The van der Waals surface area contributed by atoms with Crippen LogP contribution in [0.15, 0.2) is 6.07 Å². The van der Waals surface area contributed by atoms with E-state index in [1.54, 1.807) is 11.8 Å². The second-order valence-corrected chi connectivity index (χ2v) is 14.2. The third-order valence-electron chi connectivity index (χ3n) is 8.53. The standard InChI is InChI=1S/C24H35NO3S2/c1-16-7-22(17(2)25(16)21-3-6-30(27,28)15-21)23(26)14-29-5-4-24-11-18-8-19(12-24)10-20(9-18)13-24/h7,18-21H,3-6,8-15H2,1-2H3. The van der Waals surface area contributed by atoms with Crippen LogP contribution in [-0.2, 0) is 9.84 Å². The van der Waals surface area contributed by atoms with Crippen LogP contribution < -0.4 is 0 Å². The highest BCUT2D eigenvalue weighted by Crippen LogP contribution is 2.61. The molecule has 0 spiro atoms. The van der Waals surface area contributed by atoms with Crippen molar-refractivity contribution < 1.29 is 13.2 Å². The van der Waals surface area contributed by atoms with Gasteiger partial charge in [-0.3, -0.25) is 4.79 Å². The van der Waals surface area contributed by atoms with Gasteiger partial charge in [0.2, 0.25) is 0 Å². The number of hydrogen-bond acceptors (Lipinski definition) is 4. The highest BCUT2D eigenvalue weighted by molar-refractivity contribution is 7.99. The van der Waals surface area contributed by atoms with Crippen molar-refractivity contribution in [3.8, 4) is 0 Å². The molecule has 0 radical (unpaired) electrons. The number of nitrogens with zero attached hydrogens (tertiary/aromatic N) is 1. The minimum absolute atomic E-state index is 0.0136. The SMILES string of the molecule is Cc1cc(C(=O)CSCCC23CC4CC(CC(C4)C2)C3)c(C)n1C1CCS(=O)(=O)C1. The van der Waals surface area contributed by atoms with E-state index < -0.39 is 9.84 Å². The second-order valence-electron chi connectivity index (χ2n) is 10.9. The molecule has 0 amide bonds. The Hall–Kier alpha value is -0.750. The van der Waals surface area contributed by atoms with Crippen LogP contribution in [0.2, 0.25) is 0 Å². The molecule has 1 unspecified atom stereocenters. The number of sulfone groups is 1. The monoisotopic (exact) mass is 449 g/mol. The van der Waals surface area contributed by atoms with Crippen LogP contribution in [0.3, 0.4) is 0 Å². The predicted octanol–water partition coefficient (Wildman–Crippen LogP) is 4.99. The van der Waals surface area contributed by atoms with Gasteiger partial charge in [0, 0.05) is 23.0 Å². The van der Waals surface area contributed by atoms with Crippen LogP contribution in [0.1, 0.15) is 79.2 Å². The lowest BCUT2D eigenvalue weighted by Crippen LogP contribution is -2.46. The second kappa shape index (κ2) is 7.68. The van der Waals surface area contributed by atoms with E-state index in [0.29, 0.717) is 17.6 Å². The normalized spacial score (nSPS) is 36.5. The average Bonchev–Trinajstić information content (AvgIpc) is 3.15. The summed E-state index contributed by atoms with van der Waals surface area (Å²) in [6, 6.07) is 1.96. The predicted molar refractivity (Wildman–Crippen MR) is 123 cm³/mol. The van der Waals surface area contributed by atoms with E-state index in [1.165, 1.54) is 44.9 Å². The molecule has 0 aromatic carbocycles. The number of aryl methyl sites for hydroxylation is 1. The molecule has 5 fully saturated rings. The van der Waals surface area contributed by atoms with Gasteiger partial charge in [-0.25, -0.2) is 8.42 Å². The van der Waals surface area contributed by atoms with Crippen LogP contribution in [0.25, 0.3) is 0 Å². The molecule has 1 aliphatic heterocycles. The van der Waals surface area contributed by atoms with Crippen molar-refractivity contribution in [2.75, 3.05) is 23.0 Å². The molecule has 30 heavy (non-hydrogen) atoms. The Morgan fingerprint density at radius 1 is 1.13 bits per heavy atom. The molecule has 1 saturated heterocycles. The topological polar surface area (TPSA) is 56.1 Å². The molecule has 1 aromatic heterocycles. The van der Waals surface area contributed by atoms with Gasteiger partial charge in [0.05, 0.1) is 17.3 Å². The van der Waals surface area contributed by atoms with Crippen molar-refractivity contribution in [1.82, 2.24) is 4.57 Å². The summed E-state index contributed by atoms with van der Waals surface area (Å²) in [4.78, 5) is 12.9. The number of aromatic nitrogens is 1. The molecule has 6 heteroatoms. The fraction of sp³-hybridized carbons (Fsp3) is 0.792. The first kappa shape index (κ1) is 21.1. The molecule has 4 aliphatic carbocycles. The lowest BCUT2D eigenvalue weighted by Gasteiger charge is -2.57. The molecular formula is C24H35NO3S2. The molecule has 4 saturated carbocycles. The smallest absolute Gasteiger partial charge is 0.174 e. The van der Waals surface area contributed by atoms with Gasteiger partial charge < -0.3 is 4.57 Å². The lowest BCUT2D eigenvalue weighted by molar-refractivity contribution is -0.0538. The molecule has 6 rings (SSSR count). The van der Waals surface area contributed by atoms with Crippen LogP contribution in [0.5, 0.6) is 0 Å². The zero-order valence-corrected chi connectivity index (χ0v) is 20.0. The van der Waals surface area contributed by atoms with Crippen molar-refractivity contribution in [2.24, 2.45) is 23.2 Å². The first-order valence-electron chi connectivity index (χ1n) is 11.7. The number of rotatable bonds is 7. The van der Waals surface area contributed by atoms with Gasteiger partial charge in [0.1, 0.15) is 0 Å². The van der Waals surface area contributed by atoms with Gasteiger partial charge in [-0.2, -0.15) is 11.8 Å². The fourth-order valence-electron chi connectivity index (χ4n) is 7.73. The van der Waals surface area contributed by atoms with Gasteiger partial charge >= 0.3 is 0 Å². The number of ketones is 1. The van der Waals surface area contributed by atoms with E-state index in [-0.39, 0.29) is 23.3 Å². The molecule has 1 aromatic rings. The zero-order valence-electron chi connectivity index (χ0n) is 18.4. The Kier molecular flexibility index (Phi) is 5.41. The van der Waals surface area contributed by atoms with E-state index >= 15 is 0 Å². The van der Waals surface area contributed by atoms with Crippen molar-refractivity contribution in [3.05, 3.63) is 23.0 Å².